The third kappa shape index (κ3) is 3.31. The molecule has 0 saturated carbocycles. The number of amides is 1. The van der Waals surface area contributed by atoms with Crippen molar-refractivity contribution in [1.82, 2.24) is 10.3 Å². The lowest BCUT2D eigenvalue weighted by Crippen LogP contribution is -2.23. The van der Waals surface area contributed by atoms with Crippen molar-refractivity contribution in [3.05, 3.63) is 59.3 Å². The quantitative estimate of drug-likeness (QED) is 0.913. The second kappa shape index (κ2) is 6.00. The van der Waals surface area contributed by atoms with E-state index in [9.17, 15) is 4.79 Å². The van der Waals surface area contributed by atoms with Gasteiger partial charge in [0.15, 0.2) is 0 Å². The van der Waals surface area contributed by atoms with Gasteiger partial charge < -0.3 is 10.1 Å². The number of ether oxygens (including phenoxy) is 1. The van der Waals surface area contributed by atoms with E-state index in [-0.39, 0.29) is 5.91 Å². The van der Waals surface area contributed by atoms with Gasteiger partial charge in [0.1, 0.15) is 5.56 Å². The van der Waals surface area contributed by atoms with Gasteiger partial charge in [0.05, 0.1) is 7.11 Å². The van der Waals surface area contributed by atoms with Gasteiger partial charge in [-0.25, -0.2) is 4.98 Å². The molecule has 0 aliphatic carbocycles. The standard InChI is InChI=1S/C15H16N2O2/c1-11-5-3-6-12(9-11)10-17-14(18)13-7-4-8-16-15(13)19-2/h3-9H,10H2,1-2H3,(H,17,18). The fraction of sp³-hybridized carbons (Fsp3) is 0.200. The average Bonchev–Trinajstić information content (AvgIpc) is 2.45. The van der Waals surface area contributed by atoms with Gasteiger partial charge in [-0.05, 0) is 24.6 Å². The monoisotopic (exact) mass is 256 g/mol. The molecule has 1 aromatic heterocycles. The highest BCUT2D eigenvalue weighted by atomic mass is 16.5. The van der Waals surface area contributed by atoms with Crippen LogP contribution in [0, 0.1) is 6.92 Å². The number of carbonyl (C=O) groups excluding carboxylic acids is 1. The summed E-state index contributed by atoms with van der Waals surface area (Å²) >= 11 is 0. The molecule has 4 heteroatoms. The van der Waals surface area contributed by atoms with Crippen molar-refractivity contribution >= 4 is 5.91 Å². The van der Waals surface area contributed by atoms with Gasteiger partial charge in [-0.15, -0.1) is 0 Å². The zero-order valence-corrected chi connectivity index (χ0v) is 11.0. The maximum Gasteiger partial charge on any atom is 0.257 e. The number of hydrogen-bond acceptors (Lipinski definition) is 3. The third-order valence-corrected chi connectivity index (χ3v) is 2.74. The average molecular weight is 256 g/mol. The zero-order chi connectivity index (χ0) is 13.7. The Morgan fingerprint density at radius 2 is 2.16 bits per heavy atom. The number of methoxy groups -OCH3 is 1. The molecule has 98 valence electrons. The first-order chi connectivity index (χ1) is 9.20. The first kappa shape index (κ1) is 13.1. The molecule has 0 saturated heterocycles. The molecule has 2 rings (SSSR count). The molecular formula is C15H16N2O2. The fourth-order valence-corrected chi connectivity index (χ4v) is 1.83. The summed E-state index contributed by atoms with van der Waals surface area (Å²) in [7, 11) is 1.50. The van der Waals surface area contributed by atoms with Crippen LogP contribution in [-0.2, 0) is 6.54 Å². The minimum Gasteiger partial charge on any atom is -0.480 e. The number of hydrogen-bond donors (Lipinski definition) is 1. The van der Waals surface area contributed by atoms with E-state index in [2.05, 4.69) is 10.3 Å². The van der Waals surface area contributed by atoms with Crippen LogP contribution in [0.4, 0.5) is 0 Å². The number of pyridine rings is 1. The van der Waals surface area contributed by atoms with E-state index in [1.165, 1.54) is 12.7 Å². The van der Waals surface area contributed by atoms with Crippen molar-refractivity contribution in [2.45, 2.75) is 13.5 Å². The normalized spacial score (nSPS) is 10.0. The Balaban J connectivity index is 2.05. The Morgan fingerprint density at radius 3 is 2.89 bits per heavy atom. The maximum atomic E-state index is 12.1. The van der Waals surface area contributed by atoms with Gasteiger partial charge in [0.25, 0.3) is 5.91 Å². The van der Waals surface area contributed by atoms with Crippen LogP contribution in [-0.4, -0.2) is 18.0 Å². The van der Waals surface area contributed by atoms with Crippen LogP contribution >= 0.6 is 0 Å². The van der Waals surface area contributed by atoms with E-state index < -0.39 is 0 Å². The van der Waals surface area contributed by atoms with Crippen LogP contribution in [0.25, 0.3) is 0 Å². The van der Waals surface area contributed by atoms with Gasteiger partial charge in [-0.1, -0.05) is 29.8 Å². The Morgan fingerprint density at radius 1 is 1.32 bits per heavy atom. The number of nitrogens with one attached hydrogen (secondary N) is 1. The molecule has 1 aromatic carbocycles. The highest BCUT2D eigenvalue weighted by molar-refractivity contribution is 5.96. The highest BCUT2D eigenvalue weighted by Crippen LogP contribution is 2.13. The van der Waals surface area contributed by atoms with Crippen molar-refractivity contribution in [3.63, 3.8) is 0 Å². The lowest BCUT2D eigenvalue weighted by Gasteiger charge is -2.08. The number of carbonyl (C=O) groups is 1. The molecule has 0 fully saturated rings. The lowest BCUT2D eigenvalue weighted by atomic mass is 10.1. The largest absolute Gasteiger partial charge is 0.480 e. The summed E-state index contributed by atoms with van der Waals surface area (Å²) in [5.74, 6) is 0.149. The summed E-state index contributed by atoms with van der Waals surface area (Å²) in [6, 6.07) is 11.4. The van der Waals surface area contributed by atoms with Gasteiger partial charge in [0.2, 0.25) is 5.88 Å². The van der Waals surface area contributed by atoms with E-state index in [4.69, 9.17) is 4.74 Å². The molecule has 0 aliphatic rings. The van der Waals surface area contributed by atoms with Crippen LogP contribution in [0.3, 0.4) is 0 Å². The second-order valence-electron chi connectivity index (χ2n) is 4.23. The van der Waals surface area contributed by atoms with Crippen LogP contribution in [0.15, 0.2) is 42.6 Å². The Hall–Kier alpha value is -2.36. The van der Waals surface area contributed by atoms with E-state index in [1.54, 1.807) is 18.3 Å². The minimum absolute atomic E-state index is 0.188. The molecule has 0 atom stereocenters. The van der Waals surface area contributed by atoms with Crippen molar-refractivity contribution in [1.29, 1.82) is 0 Å². The fourth-order valence-electron chi connectivity index (χ4n) is 1.83. The van der Waals surface area contributed by atoms with Crippen LogP contribution in [0.5, 0.6) is 5.88 Å². The molecule has 0 radical (unpaired) electrons. The number of nitrogens with zero attached hydrogens (tertiary/aromatic N) is 1. The smallest absolute Gasteiger partial charge is 0.257 e. The topological polar surface area (TPSA) is 51.2 Å². The van der Waals surface area contributed by atoms with Gasteiger partial charge in [-0.2, -0.15) is 0 Å². The Labute approximate surface area is 112 Å². The van der Waals surface area contributed by atoms with Crippen molar-refractivity contribution in [2.24, 2.45) is 0 Å². The molecule has 19 heavy (non-hydrogen) atoms. The zero-order valence-electron chi connectivity index (χ0n) is 11.0. The molecular weight excluding hydrogens is 240 g/mol. The Kier molecular flexibility index (Phi) is 4.13. The molecule has 0 bridgehead atoms. The van der Waals surface area contributed by atoms with E-state index in [0.717, 1.165) is 5.56 Å². The predicted octanol–water partition coefficient (Wildman–Crippen LogP) is 2.33. The van der Waals surface area contributed by atoms with Crippen molar-refractivity contribution in [2.75, 3.05) is 7.11 Å². The third-order valence-electron chi connectivity index (χ3n) is 2.74. The maximum absolute atomic E-state index is 12.1. The molecule has 2 aromatic rings. The predicted molar refractivity (Wildman–Crippen MR) is 73.1 cm³/mol. The van der Waals surface area contributed by atoms with Gasteiger partial charge in [0, 0.05) is 12.7 Å². The molecule has 0 spiro atoms. The first-order valence-electron chi connectivity index (χ1n) is 6.03. The van der Waals surface area contributed by atoms with E-state index in [0.29, 0.717) is 18.0 Å². The summed E-state index contributed by atoms with van der Waals surface area (Å²) in [5.41, 5.74) is 2.68. The molecule has 4 nitrogen and oxygen atoms in total. The summed E-state index contributed by atoms with van der Waals surface area (Å²) in [6.45, 7) is 2.51. The van der Waals surface area contributed by atoms with Crippen molar-refractivity contribution < 1.29 is 9.53 Å². The number of aryl methyl sites for hydroxylation is 1. The molecule has 0 unspecified atom stereocenters. The summed E-state index contributed by atoms with van der Waals surface area (Å²) in [6.07, 6.45) is 1.59. The van der Waals surface area contributed by atoms with E-state index >= 15 is 0 Å². The summed E-state index contributed by atoms with van der Waals surface area (Å²) in [5, 5.41) is 2.86. The minimum atomic E-state index is -0.188. The summed E-state index contributed by atoms with van der Waals surface area (Å²) < 4.78 is 5.07. The summed E-state index contributed by atoms with van der Waals surface area (Å²) in [4.78, 5) is 16.1. The van der Waals surface area contributed by atoms with Crippen molar-refractivity contribution in [3.8, 4) is 5.88 Å². The number of benzene rings is 1. The van der Waals surface area contributed by atoms with E-state index in [1.807, 2.05) is 31.2 Å². The van der Waals surface area contributed by atoms with Crippen LogP contribution < -0.4 is 10.1 Å². The van der Waals surface area contributed by atoms with Gasteiger partial charge in [-0.3, -0.25) is 4.79 Å². The van der Waals surface area contributed by atoms with Gasteiger partial charge >= 0.3 is 0 Å². The Bertz CT molecular complexity index is 582. The lowest BCUT2D eigenvalue weighted by molar-refractivity contribution is 0.0947. The molecule has 1 N–H and O–H groups in total. The highest BCUT2D eigenvalue weighted by Gasteiger charge is 2.12. The molecule has 1 amide bonds. The second-order valence-corrected chi connectivity index (χ2v) is 4.23. The van der Waals surface area contributed by atoms with Crippen LogP contribution in [0.1, 0.15) is 21.5 Å². The number of aromatic nitrogens is 1. The van der Waals surface area contributed by atoms with Crippen LogP contribution in [0.2, 0.25) is 0 Å². The molecule has 0 aliphatic heterocycles. The SMILES string of the molecule is COc1ncccc1C(=O)NCc1cccc(C)c1. The number of rotatable bonds is 4. The first-order valence-corrected chi connectivity index (χ1v) is 6.03. The molecule has 1 heterocycles.